The maximum absolute atomic E-state index is 6.10. The molecule has 0 radical (unpaired) electrons. The van der Waals surface area contributed by atoms with Gasteiger partial charge in [0.2, 0.25) is 0 Å². The van der Waals surface area contributed by atoms with Gasteiger partial charge in [-0.2, -0.15) is 5.41 Å². The van der Waals surface area contributed by atoms with Gasteiger partial charge < -0.3 is 17.6 Å². The minimum absolute atomic E-state index is 0.0516. The second-order valence-corrected chi connectivity index (χ2v) is 20.9. The van der Waals surface area contributed by atoms with Gasteiger partial charge in [-0.1, -0.05) is 96.7 Å². The van der Waals surface area contributed by atoms with E-state index in [-0.39, 0.29) is 32.2 Å². The van der Waals surface area contributed by atoms with Crippen molar-refractivity contribution >= 4 is 30.7 Å². The van der Waals surface area contributed by atoms with Crippen LogP contribution in [-0.4, -0.2) is 15.2 Å². The Bertz CT molecular complexity index is 1890. The number of hydrogen-bond acceptors (Lipinski definition) is 2. The van der Waals surface area contributed by atoms with Gasteiger partial charge in [-0.15, -0.1) is 0 Å². The van der Waals surface area contributed by atoms with Crippen LogP contribution in [0.25, 0.3) is 5.57 Å². The molecule has 5 rings (SSSR count). The zero-order valence-electron chi connectivity index (χ0n) is 38.8. The van der Waals surface area contributed by atoms with Gasteiger partial charge >= 0.3 is 112 Å². The van der Waals surface area contributed by atoms with Crippen LogP contribution in [0, 0.1) is 59.3 Å². The summed E-state index contributed by atoms with van der Waals surface area (Å²) in [6, 6.07) is 28.0. The van der Waals surface area contributed by atoms with Gasteiger partial charge in [-0.3, -0.25) is 0 Å². The maximum atomic E-state index is 6.10. The Morgan fingerprint density at radius 3 is 1.40 bits per heavy atom. The number of allylic oxidation sites excluding steroid dienone is 1. The molecule has 2 nitrogen and oxygen atoms in total. The summed E-state index contributed by atoms with van der Waals surface area (Å²) in [6.45, 7) is 41.8. The van der Waals surface area contributed by atoms with Gasteiger partial charge in [-0.05, 0) is 110 Å². The van der Waals surface area contributed by atoms with Gasteiger partial charge in [0.1, 0.15) is 0 Å². The molecule has 1 aliphatic carbocycles. The average molecular weight is 879 g/mol. The van der Waals surface area contributed by atoms with Crippen LogP contribution in [0.15, 0.2) is 84.9 Å². The van der Waals surface area contributed by atoms with E-state index in [2.05, 4.69) is 200 Å². The molecule has 0 heterocycles. The molecule has 0 saturated carbocycles. The van der Waals surface area contributed by atoms with Crippen LogP contribution < -0.4 is 10.6 Å². The van der Waals surface area contributed by atoms with Gasteiger partial charge in [-0.25, -0.2) is 0 Å². The minimum atomic E-state index is -0.218. The zero-order chi connectivity index (χ0) is 43.4. The predicted molar refractivity (Wildman–Crippen MR) is 255 cm³/mol. The van der Waals surface area contributed by atoms with Crippen molar-refractivity contribution in [2.24, 2.45) is 10.8 Å². The van der Waals surface area contributed by atoms with E-state index in [0.717, 1.165) is 6.42 Å². The van der Waals surface area contributed by atoms with E-state index in [1.807, 2.05) is 19.9 Å². The molecule has 0 saturated heterocycles. The molecule has 4 heteroatoms. The summed E-state index contributed by atoms with van der Waals surface area (Å²) in [4.78, 5) is 0. The fraction of sp³-hybridized carbons (Fsp3) is 0.472. The van der Waals surface area contributed by atoms with Crippen molar-refractivity contribution in [1.29, 1.82) is 0 Å². The monoisotopic (exact) mass is 878 g/mol. The summed E-state index contributed by atoms with van der Waals surface area (Å²) < 4.78 is 1.30. The first kappa shape index (κ1) is 50.1. The Morgan fingerprint density at radius 2 is 1.00 bits per heavy atom. The summed E-state index contributed by atoms with van der Waals surface area (Å²) in [7, 11) is 6.10. The Kier molecular flexibility index (Phi) is 19.2. The number of benzene rings is 4. The van der Waals surface area contributed by atoms with Crippen molar-refractivity contribution in [3.05, 3.63) is 142 Å². The van der Waals surface area contributed by atoms with Crippen LogP contribution >= 0.6 is 9.69 Å². The van der Waals surface area contributed by atoms with Crippen molar-refractivity contribution in [3.8, 4) is 0 Å². The fourth-order valence-electron chi connectivity index (χ4n) is 8.79. The number of rotatable bonds is 11. The van der Waals surface area contributed by atoms with Crippen molar-refractivity contribution in [2.45, 2.75) is 154 Å². The van der Waals surface area contributed by atoms with E-state index in [1.165, 1.54) is 90.4 Å². The molecular formula is C53H77ClN2Ru-. The Hall–Kier alpha value is -3.00. The van der Waals surface area contributed by atoms with E-state index in [4.69, 9.17) is 9.69 Å². The Balaban J connectivity index is 0.000000289. The SMILES string of the molecule is CC.CCCC(C)(C)CC(C)(C)Nc1c(C)cc(C)cc1C.[CH2-]C(C)(C)CC(C)(C)Nc1c(C)cc(C)cc1C.[Cl][Ru]=[C]1C=C(c2ccccc2)c2ccccc21. The number of halogens is 1. The van der Waals surface area contributed by atoms with Gasteiger partial charge in [0.25, 0.3) is 0 Å². The predicted octanol–water partition coefficient (Wildman–Crippen LogP) is 16.0. The fourth-order valence-corrected chi connectivity index (χ4v) is 10.3. The topological polar surface area (TPSA) is 24.1 Å². The number of anilines is 2. The molecule has 0 aromatic heterocycles. The third-order valence-corrected chi connectivity index (χ3v) is 11.9. The van der Waals surface area contributed by atoms with Gasteiger partial charge in [0.05, 0.1) is 0 Å². The number of aryl methyl sites for hydroxylation is 6. The van der Waals surface area contributed by atoms with Crippen molar-refractivity contribution in [1.82, 2.24) is 0 Å². The molecule has 0 fully saturated rings. The Labute approximate surface area is 362 Å². The standard InChI is InChI=1S/C19H33N.C17H28N.C15H10.C2H6.ClH.Ru/c1-9-10-18(5,6)13-19(7,8)20-17-15(3)11-14(2)12-16(17)4;1-12-9-13(2)15(14(3)10-12)18-17(7,8)11-16(4,5)6;1-2-6-12(7-3-1)15-11-10-13-8-4-5-9-14(13)15;1-2;;/h11-12,20H,9-10,13H2,1-8H3;9-10,18H,4,11H2,1-3,5-8H3;1-9,11H;1-2H3;1H;/q;-1;;;;+1/p-1. The molecule has 0 aliphatic heterocycles. The first-order valence-corrected chi connectivity index (χ1v) is 24.1. The third-order valence-electron chi connectivity index (χ3n) is 9.94. The van der Waals surface area contributed by atoms with Crippen molar-refractivity contribution in [2.75, 3.05) is 10.6 Å². The molecule has 4 aromatic rings. The van der Waals surface area contributed by atoms with E-state index in [9.17, 15) is 0 Å². The molecule has 4 aromatic carbocycles. The molecular weight excluding hydrogens is 801 g/mol. The number of hydrogen-bond donors (Lipinski definition) is 2. The van der Waals surface area contributed by atoms with Crippen LogP contribution in [0.4, 0.5) is 11.4 Å². The molecule has 0 spiro atoms. The van der Waals surface area contributed by atoms with Gasteiger partial charge in [0, 0.05) is 22.5 Å². The molecule has 0 atom stereocenters. The summed E-state index contributed by atoms with van der Waals surface area (Å²) in [5, 5.41) is 7.50. The summed E-state index contributed by atoms with van der Waals surface area (Å²) >= 11 is -0.218. The molecule has 315 valence electrons. The first-order valence-electron chi connectivity index (χ1n) is 21.0. The molecule has 57 heavy (non-hydrogen) atoms. The van der Waals surface area contributed by atoms with Crippen molar-refractivity contribution in [3.63, 3.8) is 0 Å². The molecule has 2 N–H and O–H groups in total. The van der Waals surface area contributed by atoms with Crippen molar-refractivity contribution < 1.29 is 15.7 Å². The molecule has 1 aliphatic rings. The normalized spacial score (nSPS) is 13.4. The second-order valence-electron chi connectivity index (χ2n) is 18.9. The average Bonchev–Trinajstić information content (AvgIpc) is 3.47. The third kappa shape index (κ3) is 16.3. The molecule has 0 amide bonds. The van der Waals surface area contributed by atoms with Crippen LogP contribution in [0.5, 0.6) is 0 Å². The van der Waals surface area contributed by atoms with Crippen LogP contribution in [0.3, 0.4) is 0 Å². The molecule has 0 unspecified atom stereocenters. The summed E-state index contributed by atoms with van der Waals surface area (Å²) in [5.74, 6) is 0. The van der Waals surface area contributed by atoms with Crippen LogP contribution in [0.1, 0.15) is 152 Å². The summed E-state index contributed by atoms with van der Waals surface area (Å²) in [5.41, 5.74) is 16.4. The quantitative estimate of drug-likeness (QED) is 0.116. The van der Waals surface area contributed by atoms with E-state index in [0.29, 0.717) is 5.41 Å². The summed E-state index contributed by atoms with van der Waals surface area (Å²) in [6.07, 6.45) is 6.99. The van der Waals surface area contributed by atoms with Crippen LogP contribution in [0.2, 0.25) is 0 Å². The van der Waals surface area contributed by atoms with E-state index < -0.39 is 0 Å². The molecule has 0 bridgehead atoms. The van der Waals surface area contributed by atoms with E-state index >= 15 is 0 Å². The Morgan fingerprint density at radius 1 is 0.596 bits per heavy atom. The zero-order valence-corrected chi connectivity index (χ0v) is 41.3. The second kappa shape index (κ2) is 21.8. The van der Waals surface area contributed by atoms with Gasteiger partial charge in [0.15, 0.2) is 0 Å². The number of fused-ring (bicyclic) bond motifs is 1. The first-order chi connectivity index (χ1) is 26.5. The van der Waals surface area contributed by atoms with Crippen LogP contribution in [-0.2, 0) is 15.7 Å². The number of nitrogens with one attached hydrogen (secondary N) is 2. The van der Waals surface area contributed by atoms with E-state index in [1.54, 1.807) is 0 Å².